The minimum Gasteiger partial charge on any atom is -0.464 e. The largest absolute Gasteiger partial charge is 0.464 e. The van der Waals surface area contributed by atoms with Crippen LogP contribution in [0.5, 0.6) is 0 Å². The lowest BCUT2D eigenvalue weighted by Gasteiger charge is -2.24. The molecular formula is C12H22O2. The number of hydrogen-bond acceptors (Lipinski definition) is 2. The molecule has 0 saturated carbocycles. The first-order chi connectivity index (χ1) is 6.84. The van der Waals surface area contributed by atoms with Crippen LogP contribution in [-0.4, -0.2) is 12.6 Å². The maximum absolute atomic E-state index is 10.8. The van der Waals surface area contributed by atoms with E-state index >= 15 is 0 Å². The Labute approximate surface area is 87.0 Å². The molecule has 2 nitrogen and oxygen atoms in total. The van der Waals surface area contributed by atoms with Crippen molar-refractivity contribution >= 4 is 5.97 Å². The molecule has 0 aliphatic carbocycles. The van der Waals surface area contributed by atoms with Gasteiger partial charge in [0.25, 0.3) is 0 Å². The summed E-state index contributed by atoms with van der Waals surface area (Å²) in [5.41, 5.74) is 0. The van der Waals surface area contributed by atoms with Crippen molar-refractivity contribution in [2.24, 2.45) is 5.92 Å². The molecule has 14 heavy (non-hydrogen) atoms. The monoisotopic (exact) mass is 198 g/mol. The zero-order valence-electron chi connectivity index (χ0n) is 9.26. The van der Waals surface area contributed by atoms with Gasteiger partial charge in [-0.3, -0.25) is 4.79 Å². The summed E-state index contributed by atoms with van der Waals surface area (Å²) in [4.78, 5) is 10.8. The van der Waals surface area contributed by atoms with Crippen molar-refractivity contribution in [2.75, 3.05) is 6.61 Å². The Balaban J connectivity index is 1.78. The van der Waals surface area contributed by atoms with E-state index in [1.54, 1.807) is 0 Å². The van der Waals surface area contributed by atoms with Crippen molar-refractivity contribution < 1.29 is 9.53 Å². The lowest BCUT2D eigenvalue weighted by molar-refractivity contribution is -0.169. The number of carbonyl (C=O) groups is 1. The Morgan fingerprint density at radius 3 is 2.29 bits per heavy atom. The Hall–Kier alpha value is -0.530. The van der Waals surface area contributed by atoms with Gasteiger partial charge < -0.3 is 4.74 Å². The van der Waals surface area contributed by atoms with E-state index in [-0.39, 0.29) is 11.9 Å². The van der Waals surface area contributed by atoms with E-state index < -0.39 is 0 Å². The summed E-state index contributed by atoms with van der Waals surface area (Å²) in [6.07, 6.45) is 10.3. The van der Waals surface area contributed by atoms with Crippen LogP contribution in [-0.2, 0) is 9.53 Å². The highest BCUT2D eigenvalue weighted by Crippen LogP contribution is 2.20. The smallest absolute Gasteiger partial charge is 0.312 e. The molecule has 2 heteroatoms. The second kappa shape index (κ2) is 6.86. The predicted molar refractivity (Wildman–Crippen MR) is 57.1 cm³/mol. The quantitative estimate of drug-likeness (QED) is 0.442. The Bertz CT molecular complexity index is 166. The van der Waals surface area contributed by atoms with E-state index in [0.29, 0.717) is 6.61 Å². The van der Waals surface area contributed by atoms with Gasteiger partial charge in [-0.1, -0.05) is 51.9 Å². The maximum Gasteiger partial charge on any atom is 0.312 e. The van der Waals surface area contributed by atoms with Gasteiger partial charge in [0.2, 0.25) is 0 Å². The van der Waals surface area contributed by atoms with Crippen LogP contribution in [0, 0.1) is 5.92 Å². The van der Waals surface area contributed by atoms with Crippen LogP contribution in [0.4, 0.5) is 0 Å². The van der Waals surface area contributed by atoms with Gasteiger partial charge in [-0.2, -0.15) is 0 Å². The first-order valence-corrected chi connectivity index (χ1v) is 6.01. The van der Waals surface area contributed by atoms with Gasteiger partial charge in [-0.05, 0) is 6.42 Å². The van der Waals surface area contributed by atoms with E-state index in [2.05, 4.69) is 6.92 Å². The third kappa shape index (κ3) is 4.12. The molecule has 1 aliphatic rings. The second-order valence-electron chi connectivity index (χ2n) is 4.24. The zero-order chi connectivity index (χ0) is 10.2. The highest BCUT2D eigenvalue weighted by atomic mass is 16.6. The fraction of sp³-hybridized carbons (Fsp3) is 0.917. The highest BCUT2D eigenvalue weighted by Gasteiger charge is 2.29. The van der Waals surface area contributed by atoms with Gasteiger partial charge in [0, 0.05) is 0 Å². The third-order valence-corrected chi connectivity index (χ3v) is 2.92. The van der Waals surface area contributed by atoms with Gasteiger partial charge in [-0.25, -0.2) is 0 Å². The molecule has 1 rings (SSSR count). The van der Waals surface area contributed by atoms with E-state index in [0.717, 1.165) is 6.42 Å². The average Bonchev–Trinajstić information content (AvgIpc) is 2.20. The van der Waals surface area contributed by atoms with E-state index in [1.165, 1.54) is 44.9 Å². The topological polar surface area (TPSA) is 26.3 Å². The number of rotatable bonds is 8. The Morgan fingerprint density at radius 2 is 1.79 bits per heavy atom. The van der Waals surface area contributed by atoms with Crippen molar-refractivity contribution in [1.82, 2.24) is 0 Å². The molecule has 0 aromatic heterocycles. The Morgan fingerprint density at radius 1 is 1.14 bits per heavy atom. The maximum atomic E-state index is 10.8. The van der Waals surface area contributed by atoms with Crippen molar-refractivity contribution in [3.05, 3.63) is 0 Å². The van der Waals surface area contributed by atoms with E-state index in [4.69, 9.17) is 4.74 Å². The van der Waals surface area contributed by atoms with Gasteiger partial charge >= 0.3 is 5.97 Å². The lowest BCUT2D eigenvalue weighted by atomic mass is 9.98. The molecule has 0 spiro atoms. The number of cyclic esters (lactones) is 1. The standard InChI is InChI=1S/C12H22O2/c1-2-3-4-5-6-7-8-9-11-10-14-12(11)13/h11H,2-10H2,1H3. The fourth-order valence-electron chi connectivity index (χ4n) is 1.82. The van der Waals surface area contributed by atoms with E-state index in [1.807, 2.05) is 0 Å². The normalized spacial score (nSPS) is 20.4. The van der Waals surface area contributed by atoms with Crippen molar-refractivity contribution in [1.29, 1.82) is 0 Å². The molecular weight excluding hydrogens is 176 g/mol. The van der Waals surface area contributed by atoms with Gasteiger partial charge in [0.05, 0.1) is 5.92 Å². The summed E-state index contributed by atoms with van der Waals surface area (Å²) in [7, 11) is 0. The second-order valence-corrected chi connectivity index (χ2v) is 4.24. The summed E-state index contributed by atoms with van der Waals surface area (Å²) >= 11 is 0. The summed E-state index contributed by atoms with van der Waals surface area (Å²) in [5, 5.41) is 0. The molecule has 1 aliphatic heterocycles. The molecule has 0 aromatic rings. The number of unbranched alkanes of at least 4 members (excludes halogenated alkanes) is 6. The molecule has 0 bridgehead atoms. The molecule has 0 amide bonds. The molecule has 1 atom stereocenters. The molecule has 1 heterocycles. The molecule has 1 fully saturated rings. The minimum atomic E-state index is 0.0241. The molecule has 0 aromatic carbocycles. The number of hydrogen-bond donors (Lipinski definition) is 0. The van der Waals surface area contributed by atoms with Crippen LogP contribution >= 0.6 is 0 Å². The first-order valence-electron chi connectivity index (χ1n) is 6.01. The summed E-state index contributed by atoms with van der Waals surface area (Å²) in [6.45, 7) is 2.91. The van der Waals surface area contributed by atoms with Gasteiger partial charge in [0.1, 0.15) is 6.61 Å². The van der Waals surface area contributed by atoms with Crippen LogP contribution in [0.2, 0.25) is 0 Å². The van der Waals surface area contributed by atoms with Crippen LogP contribution < -0.4 is 0 Å². The van der Waals surface area contributed by atoms with Gasteiger partial charge in [-0.15, -0.1) is 0 Å². The van der Waals surface area contributed by atoms with Crippen LogP contribution in [0.1, 0.15) is 58.3 Å². The first kappa shape index (κ1) is 11.5. The van der Waals surface area contributed by atoms with Crippen LogP contribution in [0.15, 0.2) is 0 Å². The lowest BCUT2D eigenvalue weighted by Crippen LogP contribution is -2.34. The van der Waals surface area contributed by atoms with Crippen LogP contribution in [0.3, 0.4) is 0 Å². The molecule has 1 unspecified atom stereocenters. The van der Waals surface area contributed by atoms with E-state index in [9.17, 15) is 4.79 Å². The predicted octanol–water partition coefficient (Wildman–Crippen LogP) is 3.30. The minimum absolute atomic E-state index is 0.0241. The molecule has 1 saturated heterocycles. The summed E-state index contributed by atoms with van der Waals surface area (Å²) in [5.74, 6) is 0.265. The molecule has 0 radical (unpaired) electrons. The Kier molecular flexibility index (Phi) is 5.65. The number of esters is 1. The summed E-state index contributed by atoms with van der Waals surface area (Å²) < 4.78 is 4.71. The zero-order valence-corrected chi connectivity index (χ0v) is 9.26. The van der Waals surface area contributed by atoms with Crippen molar-refractivity contribution in [3.8, 4) is 0 Å². The fourth-order valence-corrected chi connectivity index (χ4v) is 1.82. The highest BCUT2D eigenvalue weighted by molar-refractivity contribution is 5.77. The van der Waals surface area contributed by atoms with Crippen LogP contribution in [0.25, 0.3) is 0 Å². The molecule has 0 N–H and O–H groups in total. The summed E-state index contributed by atoms with van der Waals surface area (Å²) in [6, 6.07) is 0. The SMILES string of the molecule is CCCCCCCCCC1COC1=O. The van der Waals surface area contributed by atoms with Crippen molar-refractivity contribution in [3.63, 3.8) is 0 Å². The van der Waals surface area contributed by atoms with Crippen molar-refractivity contribution in [2.45, 2.75) is 58.3 Å². The van der Waals surface area contributed by atoms with Gasteiger partial charge in [0.15, 0.2) is 0 Å². The number of ether oxygens (including phenoxy) is 1. The number of carbonyl (C=O) groups excluding carboxylic acids is 1. The molecule has 82 valence electrons. The average molecular weight is 198 g/mol. The third-order valence-electron chi connectivity index (χ3n) is 2.92.